The summed E-state index contributed by atoms with van der Waals surface area (Å²) in [6.07, 6.45) is 0.370. The zero-order valence-electron chi connectivity index (χ0n) is 10.4. The Morgan fingerprint density at radius 1 is 1.29 bits per heavy atom. The van der Waals surface area contributed by atoms with Crippen molar-refractivity contribution in [1.82, 2.24) is 5.32 Å². The van der Waals surface area contributed by atoms with Gasteiger partial charge in [-0.05, 0) is 26.3 Å². The van der Waals surface area contributed by atoms with Crippen molar-refractivity contribution >= 4 is 23.1 Å². The highest BCUT2D eigenvalue weighted by atomic mass is 32.1. The van der Waals surface area contributed by atoms with Gasteiger partial charge in [-0.15, -0.1) is 0 Å². The van der Waals surface area contributed by atoms with Crippen LogP contribution in [0.2, 0.25) is 0 Å². The first-order valence-corrected chi connectivity index (χ1v) is 5.88. The number of rotatable bonds is 3. The van der Waals surface area contributed by atoms with Crippen LogP contribution < -0.4 is 11.1 Å². The van der Waals surface area contributed by atoms with Gasteiger partial charge in [-0.1, -0.05) is 36.5 Å². The third-order valence-corrected chi connectivity index (χ3v) is 2.35. The van der Waals surface area contributed by atoms with E-state index in [1.165, 1.54) is 0 Å². The molecule has 3 N–H and O–H groups in total. The van der Waals surface area contributed by atoms with Crippen LogP contribution >= 0.6 is 12.2 Å². The summed E-state index contributed by atoms with van der Waals surface area (Å²) >= 11 is 4.86. The molecule has 0 radical (unpaired) electrons. The van der Waals surface area contributed by atoms with E-state index in [0.29, 0.717) is 11.4 Å². The number of benzene rings is 1. The molecule has 92 valence electrons. The van der Waals surface area contributed by atoms with Crippen molar-refractivity contribution in [3.8, 4) is 0 Å². The molecule has 3 nitrogen and oxygen atoms in total. The summed E-state index contributed by atoms with van der Waals surface area (Å²) in [5, 5.41) is 2.92. The number of nitrogens with two attached hydrogens (primary N) is 1. The minimum absolute atomic E-state index is 0.0144. The first kappa shape index (κ1) is 13.6. The molecular weight excluding hydrogens is 232 g/mol. The van der Waals surface area contributed by atoms with E-state index in [-0.39, 0.29) is 11.4 Å². The molecule has 0 bridgehead atoms. The minimum atomic E-state index is -0.199. The van der Waals surface area contributed by atoms with Crippen molar-refractivity contribution < 1.29 is 4.79 Å². The topological polar surface area (TPSA) is 55.1 Å². The molecule has 0 spiro atoms. The molecule has 1 amide bonds. The average Bonchev–Trinajstić information content (AvgIpc) is 2.15. The zero-order chi connectivity index (χ0) is 13.1. The molecule has 0 aliphatic heterocycles. The van der Waals surface area contributed by atoms with Gasteiger partial charge in [-0.3, -0.25) is 4.79 Å². The van der Waals surface area contributed by atoms with Crippen molar-refractivity contribution in [3.63, 3.8) is 0 Å². The summed E-state index contributed by atoms with van der Waals surface area (Å²) in [6.45, 7) is 5.88. The molecule has 4 heteroatoms. The highest BCUT2D eigenvalue weighted by Gasteiger charge is 2.13. The zero-order valence-corrected chi connectivity index (χ0v) is 11.2. The van der Waals surface area contributed by atoms with Gasteiger partial charge in [0.25, 0.3) is 0 Å². The van der Waals surface area contributed by atoms with Crippen LogP contribution in [0, 0.1) is 0 Å². The molecule has 1 rings (SSSR count). The fraction of sp³-hybridized carbons (Fsp3) is 0.385. The lowest BCUT2D eigenvalue weighted by molar-refractivity contribution is -0.121. The second-order valence-corrected chi connectivity index (χ2v) is 5.48. The number of thiocarbonyl (C=S) groups is 1. The van der Waals surface area contributed by atoms with E-state index in [9.17, 15) is 4.79 Å². The van der Waals surface area contributed by atoms with Gasteiger partial charge < -0.3 is 11.1 Å². The van der Waals surface area contributed by atoms with E-state index in [1.54, 1.807) is 0 Å². The number of hydrogen-bond donors (Lipinski definition) is 2. The fourth-order valence-electron chi connectivity index (χ4n) is 1.43. The Morgan fingerprint density at radius 3 is 2.24 bits per heavy atom. The van der Waals surface area contributed by atoms with Crippen LogP contribution in [0.4, 0.5) is 0 Å². The van der Waals surface area contributed by atoms with Crippen molar-refractivity contribution in [2.24, 2.45) is 5.73 Å². The van der Waals surface area contributed by atoms with Crippen LogP contribution in [0.25, 0.3) is 0 Å². The fourth-order valence-corrected chi connectivity index (χ4v) is 1.57. The van der Waals surface area contributed by atoms with Crippen molar-refractivity contribution in [1.29, 1.82) is 0 Å². The lowest BCUT2D eigenvalue weighted by Crippen LogP contribution is -2.41. The van der Waals surface area contributed by atoms with Gasteiger partial charge in [0.05, 0.1) is 6.42 Å². The largest absolute Gasteiger partial charge is 0.389 e. The van der Waals surface area contributed by atoms with E-state index in [2.05, 4.69) is 5.32 Å². The molecule has 0 fully saturated rings. The predicted molar refractivity (Wildman–Crippen MR) is 73.9 cm³/mol. The predicted octanol–water partition coefficient (Wildman–Crippen LogP) is 1.78. The number of carbonyl (C=O) groups excluding carboxylic acids is 1. The molecule has 0 aliphatic carbocycles. The Hall–Kier alpha value is -1.42. The second kappa shape index (κ2) is 5.27. The third kappa shape index (κ3) is 4.95. The van der Waals surface area contributed by atoms with Gasteiger partial charge >= 0.3 is 0 Å². The molecule has 0 heterocycles. The Labute approximate surface area is 107 Å². The van der Waals surface area contributed by atoms with Gasteiger partial charge in [0, 0.05) is 11.1 Å². The van der Waals surface area contributed by atoms with Crippen LogP contribution in [0.15, 0.2) is 24.3 Å². The van der Waals surface area contributed by atoms with E-state index >= 15 is 0 Å². The number of amides is 1. The quantitative estimate of drug-likeness (QED) is 0.804. The highest BCUT2D eigenvalue weighted by molar-refractivity contribution is 7.80. The van der Waals surface area contributed by atoms with E-state index in [1.807, 2.05) is 45.0 Å². The summed E-state index contributed by atoms with van der Waals surface area (Å²) in [7, 11) is 0. The highest BCUT2D eigenvalue weighted by Crippen LogP contribution is 2.06. The smallest absolute Gasteiger partial charge is 0.224 e. The van der Waals surface area contributed by atoms with E-state index in [4.69, 9.17) is 18.0 Å². The van der Waals surface area contributed by atoms with Crippen molar-refractivity contribution in [2.45, 2.75) is 32.7 Å². The average molecular weight is 250 g/mol. The van der Waals surface area contributed by atoms with Crippen LogP contribution in [0.1, 0.15) is 31.9 Å². The number of nitrogens with one attached hydrogen (secondary N) is 1. The van der Waals surface area contributed by atoms with Gasteiger partial charge in [-0.25, -0.2) is 0 Å². The van der Waals surface area contributed by atoms with Crippen molar-refractivity contribution in [3.05, 3.63) is 35.4 Å². The molecule has 0 saturated carbocycles. The monoisotopic (exact) mass is 250 g/mol. The number of carbonyl (C=O) groups is 1. The molecule has 0 unspecified atom stereocenters. The Bertz CT molecular complexity index is 418. The van der Waals surface area contributed by atoms with Gasteiger partial charge in [0.2, 0.25) is 5.91 Å². The second-order valence-electron chi connectivity index (χ2n) is 5.04. The summed E-state index contributed by atoms with van der Waals surface area (Å²) in [5.74, 6) is 0.0144. The first-order valence-electron chi connectivity index (χ1n) is 5.48. The molecule has 1 aromatic carbocycles. The maximum atomic E-state index is 11.7. The summed E-state index contributed by atoms with van der Waals surface area (Å²) in [6, 6.07) is 7.41. The maximum Gasteiger partial charge on any atom is 0.224 e. The minimum Gasteiger partial charge on any atom is -0.389 e. The molecule has 0 atom stereocenters. The number of hydrogen-bond acceptors (Lipinski definition) is 2. The lowest BCUT2D eigenvalue weighted by atomic mass is 10.1. The summed E-state index contributed by atoms with van der Waals surface area (Å²) < 4.78 is 0. The molecular formula is C13H18N2OS. The Balaban J connectivity index is 2.64. The van der Waals surface area contributed by atoms with Crippen LogP contribution in [0.3, 0.4) is 0 Å². The summed E-state index contributed by atoms with van der Waals surface area (Å²) in [5.41, 5.74) is 7.07. The molecule has 0 aromatic heterocycles. The van der Waals surface area contributed by atoms with Crippen LogP contribution in [-0.2, 0) is 11.2 Å². The lowest BCUT2D eigenvalue weighted by Gasteiger charge is -2.20. The Morgan fingerprint density at radius 2 is 1.82 bits per heavy atom. The molecule has 17 heavy (non-hydrogen) atoms. The van der Waals surface area contributed by atoms with Crippen LogP contribution in [0.5, 0.6) is 0 Å². The third-order valence-electron chi connectivity index (χ3n) is 2.12. The van der Waals surface area contributed by atoms with Crippen molar-refractivity contribution in [2.75, 3.05) is 0 Å². The van der Waals surface area contributed by atoms with Gasteiger partial charge in [0.1, 0.15) is 4.99 Å². The van der Waals surface area contributed by atoms with Crippen LogP contribution in [-0.4, -0.2) is 16.4 Å². The van der Waals surface area contributed by atoms with E-state index < -0.39 is 0 Å². The Kier molecular flexibility index (Phi) is 4.23. The SMILES string of the molecule is CC(C)(C)NC(=O)Cc1ccc(C(N)=S)cc1. The summed E-state index contributed by atoms with van der Waals surface area (Å²) in [4.78, 5) is 12.1. The van der Waals surface area contributed by atoms with Gasteiger partial charge in [-0.2, -0.15) is 0 Å². The standard InChI is InChI=1S/C13H18N2OS/c1-13(2,3)15-11(16)8-9-4-6-10(7-5-9)12(14)17/h4-7H,8H2,1-3H3,(H2,14,17)(H,15,16). The van der Waals surface area contributed by atoms with E-state index in [0.717, 1.165) is 11.1 Å². The van der Waals surface area contributed by atoms with Gasteiger partial charge in [0.15, 0.2) is 0 Å². The first-order chi connectivity index (χ1) is 7.78. The normalized spacial score (nSPS) is 11.0. The molecule has 1 aromatic rings. The maximum absolute atomic E-state index is 11.7. The molecule has 0 aliphatic rings. The molecule has 0 saturated heterocycles.